The van der Waals surface area contributed by atoms with Crippen molar-refractivity contribution in [2.75, 3.05) is 30.8 Å². The molecule has 3 rings (SSSR count). The van der Waals surface area contributed by atoms with E-state index in [9.17, 15) is 13.2 Å². The molecule has 0 aromatic heterocycles. The number of hydrogen-bond donors (Lipinski definition) is 1. The molecule has 2 aromatic carbocycles. The number of ether oxygens (including phenoxy) is 1. The molecular formula is C28H41N3O4S. The van der Waals surface area contributed by atoms with Crippen molar-refractivity contribution in [3.8, 4) is 5.75 Å². The zero-order valence-corrected chi connectivity index (χ0v) is 23.1. The molecule has 0 saturated heterocycles. The number of amides is 1. The molecule has 0 atom stereocenters. The third kappa shape index (κ3) is 6.72. The Morgan fingerprint density at radius 1 is 1.03 bits per heavy atom. The molecule has 0 heterocycles. The molecule has 1 N–H and O–H groups in total. The van der Waals surface area contributed by atoms with Crippen LogP contribution in [-0.2, 0) is 21.4 Å². The van der Waals surface area contributed by atoms with Crippen molar-refractivity contribution in [1.82, 2.24) is 4.90 Å². The van der Waals surface area contributed by atoms with E-state index in [1.165, 1.54) is 18.6 Å². The zero-order chi connectivity index (χ0) is 26.3. The number of methoxy groups -OCH3 is 1. The first-order valence-corrected chi connectivity index (χ1v) is 14.5. The van der Waals surface area contributed by atoms with E-state index in [2.05, 4.69) is 23.5 Å². The van der Waals surface area contributed by atoms with Crippen molar-refractivity contribution >= 4 is 27.3 Å². The normalized spacial score (nSPS) is 14.5. The van der Waals surface area contributed by atoms with E-state index in [-0.39, 0.29) is 22.8 Å². The first-order valence-electron chi connectivity index (χ1n) is 13.0. The lowest BCUT2D eigenvalue weighted by atomic mass is 9.91. The number of sulfonamides is 1. The molecule has 7 nitrogen and oxygen atoms in total. The fourth-order valence-electron chi connectivity index (χ4n) is 5.02. The van der Waals surface area contributed by atoms with Crippen molar-refractivity contribution in [2.45, 2.75) is 76.3 Å². The van der Waals surface area contributed by atoms with E-state index in [1.807, 2.05) is 31.1 Å². The summed E-state index contributed by atoms with van der Waals surface area (Å²) in [7, 11) is 1.70. The van der Waals surface area contributed by atoms with Crippen molar-refractivity contribution in [1.29, 1.82) is 0 Å². The molecule has 1 fully saturated rings. The number of benzene rings is 2. The lowest BCUT2D eigenvalue weighted by Crippen LogP contribution is -2.44. The number of carbonyl (C=O) groups is 1. The second kappa shape index (κ2) is 12.5. The van der Waals surface area contributed by atoms with E-state index in [4.69, 9.17) is 4.74 Å². The molecule has 1 aliphatic carbocycles. The maximum Gasteiger partial charge on any atom is 0.261 e. The Balaban J connectivity index is 1.94. The fraction of sp³-hybridized carbons (Fsp3) is 0.536. The van der Waals surface area contributed by atoms with Crippen LogP contribution in [0.15, 0.2) is 47.4 Å². The summed E-state index contributed by atoms with van der Waals surface area (Å²) in [6.07, 6.45) is 7.18. The smallest absolute Gasteiger partial charge is 0.261 e. The minimum atomic E-state index is -3.77. The van der Waals surface area contributed by atoms with Gasteiger partial charge in [-0.05, 0) is 73.7 Å². The van der Waals surface area contributed by atoms with Crippen molar-refractivity contribution < 1.29 is 17.9 Å². The number of anilines is 2. The summed E-state index contributed by atoms with van der Waals surface area (Å²) in [6, 6.07) is 12.1. The third-order valence-electron chi connectivity index (χ3n) is 7.16. The van der Waals surface area contributed by atoms with Gasteiger partial charge in [0.25, 0.3) is 10.0 Å². The standard InChI is InChI=1S/C28H41N3O4S/c1-6-21(7-2)28(32)31(24-11-9-8-10-12-24)20-22-19-23(13-18-27(22)30(3)4)29-36(33,34)26-16-14-25(35-5)15-17-26/h13-19,21,24,29H,6-12,20H2,1-5H3. The minimum Gasteiger partial charge on any atom is -0.497 e. The summed E-state index contributed by atoms with van der Waals surface area (Å²) in [5.41, 5.74) is 2.38. The van der Waals surface area contributed by atoms with Crippen LogP contribution in [-0.4, -0.2) is 46.5 Å². The molecule has 198 valence electrons. The Bertz CT molecular complexity index is 1110. The molecule has 1 saturated carbocycles. The monoisotopic (exact) mass is 515 g/mol. The van der Waals surface area contributed by atoms with Gasteiger partial charge in [-0.25, -0.2) is 8.42 Å². The maximum absolute atomic E-state index is 13.6. The van der Waals surface area contributed by atoms with Gasteiger partial charge < -0.3 is 14.5 Å². The highest BCUT2D eigenvalue weighted by atomic mass is 32.2. The SMILES string of the molecule is CCC(CC)C(=O)N(Cc1cc(NS(=O)(=O)c2ccc(OC)cc2)ccc1N(C)C)C1CCCCC1. The van der Waals surface area contributed by atoms with Crippen molar-refractivity contribution in [3.05, 3.63) is 48.0 Å². The van der Waals surface area contributed by atoms with E-state index in [0.29, 0.717) is 18.0 Å². The van der Waals surface area contributed by atoms with Crippen LogP contribution in [0.5, 0.6) is 5.75 Å². The highest BCUT2D eigenvalue weighted by Crippen LogP contribution is 2.31. The molecule has 0 bridgehead atoms. The number of hydrogen-bond acceptors (Lipinski definition) is 5. The van der Waals surface area contributed by atoms with E-state index < -0.39 is 10.0 Å². The lowest BCUT2D eigenvalue weighted by Gasteiger charge is -2.37. The Hall–Kier alpha value is -2.74. The number of nitrogens with zero attached hydrogens (tertiary/aromatic N) is 2. The second-order valence-electron chi connectivity index (χ2n) is 9.79. The van der Waals surface area contributed by atoms with Gasteiger partial charge >= 0.3 is 0 Å². The molecule has 0 unspecified atom stereocenters. The van der Waals surface area contributed by atoms with Crippen LogP contribution in [0, 0.1) is 5.92 Å². The maximum atomic E-state index is 13.6. The quantitative estimate of drug-likeness (QED) is 0.418. The van der Waals surface area contributed by atoms with Crippen LogP contribution in [0.3, 0.4) is 0 Å². The Morgan fingerprint density at radius 2 is 1.67 bits per heavy atom. The van der Waals surface area contributed by atoms with Gasteiger partial charge in [-0.2, -0.15) is 0 Å². The average Bonchev–Trinajstić information content (AvgIpc) is 2.88. The Morgan fingerprint density at radius 3 is 2.22 bits per heavy atom. The van der Waals surface area contributed by atoms with Crippen molar-refractivity contribution in [3.63, 3.8) is 0 Å². The van der Waals surface area contributed by atoms with Gasteiger partial charge in [0, 0.05) is 44.0 Å². The van der Waals surface area contributed by atoms with Gasteiger partial charge in [-0.1, -0.05) is 33.1 Å². The summed E-state index contributed by atoms with van der Waals surface area (Å²) < 4.78 is 34.0. The zero-order valence-electron chi connectivity index (χ0n) is 22.3. The van der Waals surface area contributed by atoms with Gasteiger partial charge in [-0.3, -0.25) is 9.52 Å². The van der Waals surface area contributed by atoms with Crippen LogP contribution in [0.2, 0.25) is 0 Å². The summed E-state index contributed by atoms with van der Waals surface area (Å²) in [5.74, 6) is 0.809. The van der Waals surface area contributed by atoms with Crippen LogP contribution in [0.4, 0.5) is 11.4 Å². The number of carbonyl (C=O) groups excluding carboxylic acids is 1. The highest BCUT2D eigenvalue weighted by Gasteiger charge is 2.30. The summed E-state index contributed by atoms with van der Waals surface area (Å²) >= 11 is 0. The predicted octanol–water partition coefficient (Wildman–Crippen LogP) is 5.66. The number of rotatable bonds is 11. The first kappa shape index (κ1) is 27.8. The molecule has 0 spiro atoms. The highest BCUT2D eigenvalue weighted by molar-refractivity contribution is 7.92. The largest absolute Gasteiger partial charge is 0.497 e. The van der Waals surface area contributed by atoms with E-state index in [0.717, 1.165) is 49.8 Å². The van der Waals surface area contributed by atoms with Gasteiger partial charge in [0.05, 0.1) is 12.0 Å². The second-order valence-corrected chi connectivity index (χ2v) is 11.5. The Labute approximate surface area is 216 Å². The lowest BCUT2D eigenvalue weighted by molar-refractivity contribution is -0.139. The van der Waals surface area contributed by atoms with E-state index in [1.54, 1.807) is 25.3 Å². The van der Waals surface area contributed by atoms with Gasteiger partial charge in [0.15, 0.2) is 0 Å². The molecule has 0 radical (unpaired) electrons. The van der Waals surface area contributed by atoms with Gasteiger partial charge in [-0.15, -0.1) is 0 Å². The van der Waals surface area contributed by atoms with Gasteiger partial charge in [0.1, 0.15) is 5.75 Å². The minimum absolute atomic E-state index is 0.00601. The fourth-order valence-corrected chi connectivity index (χ4v) is 6.07. The molecule has 0 aliphatic heterocycles. The van der Waals surface area contributed by atoms with Gasteiger partial charge in [0.2, 0.25) is 5.91 Å². The molecule has 2 aromatic rings. The summed E-state index contributed by atoms with van der Waals surface area (Å²) in [5, 5.41) is 0. The Kier molecular flexibility index (Phi) is 9.65. The molecular weight excluding hydrogens is 474 g/mol. The van der Waals surface area contributed by atoms with Crippen LogP contribution < -0.4 is 14.4 Å². The molecule has 1 aliphatic rings. The molecule has 1 amide bonds. The topological polar surface area (TPSA) is 79.0 Å². The van der Waals surface area contributed by atoms with E-state index >= 15 is 0 Å². The van der Waals surface area contributed by atoms with Crippen molar-refractivity contribution in [2.24, 2.45) is 5.92 Å². The molecule has 36 heavy (non-hydrogen) atoms. The van der Waals surface area contributed by atoms with Crippen LogP contribution >= 0.6 is 0 Å². The predicted molar refractivity (Wildman–Crippen MR) is 146 cm³/mol. The first-order chi connectivity index (χ1) is 17.2. The average molecular weight is 516 g/mol. The number of nitrogens with one attached hydrogen (secondary N) is 1. The van der Waals surface area contributed by atoms with Crippen LogP contribution in [0.1, 0.15) is 64.4 Å². The third-order valence-corrected chi connectivity index (χ3v) is 8.55. The summed E-state index contributed by atoms with van der Waals surface area (Å²) in [6.45, 7) is 4.61. The molecule has 8 heteroatoms. The van der Waals surface area contributed by atoms with Crippen LogP contribution in [0.25, 0.3) is 0 Å². The summed E-state index contributed by atoms with van der Waals surface area (Å²) in [4.78, 5) is 17.9.